The van der Waals surface area contributed by atoms with Gasteiger partial charge in [0.2, 0.25) is 0 Å². The third-order valence-corrected chi connectivity index (χ3v) is 2.73. The van der Waals surface area contributed by atoms with Crippen molar-refractivity contribution < 1.29 is 14.3 Å². The number of rotatable bonds is 3. The molecule has 0 amide bonds. The van der Waals surface area contributed by atoms with E-state index in [9.17, 15) is 4.79 Å². The van der Waals surface area contributed by atoms with E-state index in [1.54, 1.807) is 7.11 Å². The van der Waals surface area contributed by atoms with Crippen molar-refractivity contribution in [2.24, 2.45) is 0 Å². The summed E-state index contributed by atoms with van der Waals surface area (Å²) in [6, 6.07) is 5.79. The highest BCUT2D eigenvalue weighted by Gasteiger charge is 2.33. The Labute approximate surface area is 96.4 Å². The molecule has 0 heterocycles. The van der Waals surface area contributed by atoms with E-state index in [1.165, 1.54) is 7.11 Å². The fourth-order valence-electron chi connectivity index (χ4n) is 1.68. The van der Waals surface area contributed by atoms with Gasteiger partial charge >= 0.3 is 5.97 Å². The van der Waals surface area contributed by atoms with E-state index in [1.807, 2.05) is 39.0 Å². The zero-order valence-corrected chi connectivity index (χ0v) is 10.5. The van der Waals surface area contributed by atoms with Crippen LogP contribution in [0, 0.1) is 6.92 Å². The van der Waals surface area contributed by atoms with Crippen molar-refractivity contribution in [2.75, 3.05) is 14.2 Å². The van der Waals surface area contributed by atoms with E-state index < -0.39 is 5.41 Å². The molecule has 1 aromatic rings. The maximum Gasteiger partial charge on any atom is 0.315 e. The molecular formula is C13H18O3. The van der Waals surface area contributed by atoms with Crippen molar-refractivity contribution in [2.45, 2.75) is 26.2 Å². The minimum atomic E-state index is -0.701. The number of hydrogen-bond acceptors (Lipinski definition) is 3. The molecule has 1 rings (SSSR count). The summed E-state index contributed by atoms with van der Waals surface area (Å²) in [5.41, 5.74) is 1.24. The van der Waals surface area contributed by atoms with Crippen molar-refractivity contribution in [1.29, 1.82) is 0 Å². The first-order valence-electron chi connectivity index (χ1n) is 5.17. The molecule has 0 fully saturated rings. The Bertz CT molecular complexity index is 394. The van der Waals surface area contributed by atoms with Crippen LogP contribution in [0.4, 0.5) is 0 Å². The molecule has 88 valence electrons. The Morgan fingerprint density at radius 2 is 1.88 bits per heavy atom. The van der Waals surface area contributed by atoms with Crippen LogP contribution in [0.25, 0.3) is 0 Å². The number of benzene rings is 1. The van der Waals surface area contributed by atoms with Gasteiger partial charge in [-0.2, -0.15) is 0 Å². The molecule has 0 saturated heterocycles. The molecule has 0 aliphatic carbocycles. The van der Waals surface area contributed by atoms with E-state index in [4.69, 9.17) is 9.47 Å². The van der Waals surface area contributed by atoms with Crippen LogP contribution in [-0.4, -0.2) is 20.2 Å². The maximum atomic E-state index is 11.7. The van der Waals surface area contributed by atoms with Gasteiger partial charge in [0, 0.05) is 5.56 Å². The van der Waals surface area contributed by atoms with Gasteiger partial charge in [-0.3, -0.25) is 4.79 Å². The predicted octanol–water partition coefficient (Wildman–Crippen LogP) is 2.45. The van der Waals surface area contributed by atoms with Gasteiger partial charge in [-0.25, -0.2) is 0 Å². The second-order valence-corrected chi connectivity index (χ2v) is 4.32. The van der Waals surface area contributed by atoms with Crippen molar-refractivity contribution in [3.8, 4) is 5.75 Å². The summed E-state index contributed by atoms with van der Waals surface area (Å²) in [5, 5.41) is 0. The molecule has 0 bridgehead atoms. The molecule has 0 spiro atoms. The normalized spacial score (nSPS) is 11.1. The quantitative estimate of drug-likeness (QED) is 0.737. The first-order valence-corrected chi connectivity index (χ1v) is 5.17. The number of esters is 1. The summed E-state index contributed by atoms with van der Waals surface area (Å²) in [7, 11) is 3.00. The average Bonchev–Trinajstić information content (AvgIpc) is 2.27. The lowest BCUT2D eigenvalue weighted by atomic mass is 9.83. The summed E-state index contributed by atoms with van der Waals surface area (Å²) in [4.78, 5) is 11.7. The molecule has 0 saturated carbocycles. The molecule has 0 atom stereocenters. The molecule has 16 heavy (non-hydrogen) atoms. The van der Waals surface area contributed by atoms with Gasteiger partial charge < -0.3 is 9.47 Å². The second-order valence-electron chi connectivity index (χ2n) is 4.32. The SMILES string of the molecule is COC(=O)C(C)(C)c1ccc(C)cc1OC. The van der Waals surface area contributed by atoms with Gasteiger partial charge in [0.1, 0.15) is 5.75 Å². The summed E-state index contributed by atoms with van der Waals surface area (Å²) in [6.07, 6.45) is 0. The van der Waals surface area contributed by atoms with Gasteiger partial charge in [0.25, 0.3) is 0 Å². The fraction of sp³-hybridized carbons (Fsp3) is 0.462. The molecular weight excluding hydrogens is 204 g/mol. The number of hydrogen-bond donors (Lipinski definition) is 0. The lowest BCUT2D eigenvalue weighted by molar-refractivity contribution is -0.146. The van der Waals surface area contributed by atoms with Gasteiger partial charge in [-0.1, -0.05) is 12.1 Å². The van der Waals surface area contributed by atoms with Crippen LogP contribution < -0.4 is 4.74 Å². The Hall–Kier alpha value is -1.51. The smallest absolute Gasteiger partial charge is 0.315 e. The molecule has 0 aliphatic rings. The van der Waals surface area contributed by atoms with Gasteiger partial charge in [-0.05, 0) is 32.4 Å². The Morgan fingerprint density at radius 1 is 1.25 bits per heavy atom. The van der Waals surface area contributed by atoms with Crippen LogP contribution in [0.5, 0.6) is 5.75 Å². The Balaban J connectivity index is 3.26. The molecule has 0 aliphatic heterocycles. The number of ether oxygens (including phenoxy) is 2. The molecule has 0 radical (unpaired) electrons. The predicted molar refractivity (Wildman–Crippen MR) is 62.8 cm³/mol. The zero-order chi connectivity index (χ0) is 12.3. The van der Waals surface area contributed by atoms with Crippen LogP contribution in [0.3, 0.4) is 0 Å². The van der Waals surface area contributed by atoms with Gasteiger partial charge in [0.05, 0.1) is 19.6 Å². The van der Waals surface area contributed by atoms with E-state index in [2.05, 4.69) is 0 Å². The highest BCUT2D eigenvalue weighted by atomic mass is 16.5. The molecule has 0 N–H and O–H groups in total. The lowest BCUT2D eigenvalue weighted by Crippen LogP contribution is -2.30. The summed E-state index contributed by atoms with van der Waals surface area (Å²) < 4.78 is 10.1. The Morgan fingerprint density at radius 3 is 2.38 bits per heavy atom. The van der Waals surface area contributed by atoms with E-state index >= 15 is 0 Å². The highest BCUT2D eigenvalue weighted by Crippen LogP contribution is 2.33. The number of aryl methyl sites for hydroxylation is 1. The topological polar surface area (TPSA) is 35.5 Å². The molecule has 3 heteroatoms. The summed E-state index contributed by atoms with van der Waals surface area (Å²) in [6.45, 7) is 5.63. The number of carbonyl (C=O) groups excluding carboxylic acids is 1. The van der Waals surface area contributed by atoms with Gasteiger partial charge in [0.15, 0.2) is 0 Å². The first-order chi connectivity index (χ1) is 7.43. The number of methoxy groups -OCH3 is 2. The minimum Gasteiger partial charge on any atom is -0.496 e. The largest absolute Gasteiger partial charge is 0.496 e. The Kier molecular flexibility index (Phi) is 3.58. The number of carbonyl (C=O) groups is 1. The summed E-state index contributed by atoms with van der Waals surface area (Å²) in [5.74, 6) is 0.449. The zero-order valence-electron chi connectivity index (χ0n) is 10.5. The third kappa shape index (κ3) is 2.18. The van der Waals surface area contributed by atoms with E-state index in [-0.39, 0.29) is 5.97 Å². The first kappa shape index (κ1) is 12.6. The van der Waals surface area contributed by atoms with Crippen LogP contribution in [0.1, 0.15) is 25.0 Å². The van der Waals surface area contributed by atoms with Crippen molar-refractivity contribution in [3.63, 3.8) is 0 Å². The molecule has 3 nitrogen and oxygen atoms in total. The minimum absolute atomic E-state index is 0.269. The van der Waals surface area contributed by atoms with E-state index in [0.717, 1.165) is 16.9 Å². The highest BCUT2D eigenvalue weighted by molar-refractivity contribution is 5.83. The lowest BCUT2D eigenvalue weighted by Gasteiger charge is -2.24. The van der Waals surface area contributed by atoms with Gasteiger partial charge in [-0.15, -0.1) is 0 Å². The molecule has 0 aromatic heterocycles. The third-order valence-electron chi connectivity index (χ3n) is 2.73. The van der Waals surface area contributed by atoms with Crippen molar-refractivity contribution in [1.82, 2.24) is 0 Å². The molecule has 0 unspecified atom stereocenters. The van der Waals surface area contributed by atoms with Crippen molar-refractivity contribution in [3.05, 3.63) is 29.3 Å². The monoisotopic (exact) mass is 222 g/mol. The van der Waals surface area contributed by atoms with Crippen molar-refractivity contribution >= 4 is 5.97 Å². The van der Waals surface area contributed by atoms with E-state index in [0.29, 0.717) is 0 Å². The van der Waals surface area contributed by atoms with Crippen LogP contribution in [0.2, 0.25) is 0 Å². The van der Waals surface area contributed by atoms with Crippen LogP contribution in [-0.2, 0) is 14.9 Å². The standard InChI is InChI=1S/C13H18O3/c1-9-6-7-10(11(8-9)15-4)13(2,3)12(14)16-5/h6-8H,1-5H3. The average molecular weight is 222 g/mol. The fourth-order valence-corrected chi connectivity index (χ4v) is 1.68. The van der Waals surface area contributed by atoms with Crippen LogP contribution in [0.15, 0.2) is 18.2 Å². The van der Waals surface area contributed by atoms with Crippen LogP contribution >= 0.6 is 0 Å². The summed E-state index contributed by atoms with van der Waals surface area (Å²) >= 11 is 0. The molecule has 1 aromatic carbocycles. The maximum absolute atomic E-state index is 11.7. The second kappa shape index (κ2) is 4.56.